The number of hydrogen-bond donors (Lipinski definition) is 1. The molecule has 2 aliphatic heterocycles. The maximum Gasteiger partial charge on any atom is 0.224 e. The fourth-order valence-electron chi connectivity index (χ4n) is 2.60. The summed E-state index contributed by atoms with van der Waals surface area (Å²) in [5.41, 5.74) is 0. The van der Waals surface area contributed by atoms with Gasteiger partial charge in [-0.1, -0.05) is 6.92 Å². The number of carbonyl (C=O) groups is 1. The second-order valence-corrected chi connectivity index (χ2v) is 7.76. The first-order chi connectivity index (χ1) is 8.46. The molecule has 0 aromatic heterocycles. The Balaban J connectivity index is 1.84. The number of piperidine rings is 1. The first kappa shape index (κ1) is 13.8. The molecular formula is C12H22N2O3S. The van der Waals surface area contributed by atoms with Gasteiger partial charge >= 0.3 is 0 Å². The average Bonchev–Trinajstić information content (AvgIpc) is 2.28. The summed E-state index contributed by atoms with van der Waals surface area (Å²) in [6.45, 7) is 4.31. The van der Waals surface area contributed by atoms with Crippen molar-refractivity contribution >= 4 is 15.7 Å². The first-order valence-electron chi connectivity index (χ1n) is 6.68. The van der Waals surface area contributed by atoms with Gasteiger partial charge in [0.2, 0.25) is 5.91 Å². The number of rotatable bonds is 2. The SMILES string of the molecule is CC1CCN(C(=O)CC2CS(=O)(=O)CCN2)CC1. The predicted molar refractivity (Wildman–Crippen MR) is 70.0 cm³/mol. The molecule has 0 spiro atoms. The quantitative estimate of drug-likeness (QED) is 0.771. The minimum absolute atomic E-state index is 0.0940. The highest BCUT2D eigenvalue weighted by Crippen LogP contribution is 2.17. The van der Waals surface area contributed by atoms with E-state index in [-0.39, 0.29) is 23.5 Å². The Morgan fingerprint density at radius 1 is 1.33 bits per heavy atom. The van der Waals surface area contributed by atoms with Crippen LogP contribution in [0, 0.1) is 5.92 Å². The lowest BCUT2D eigenvalue weighted by Gasteiger charge is -2.32. The van der Waals surface area contributed by atoms with E-state index in [0.717, 1.165) is 25.9 Å². The molecule has 104 valence electrons. The summed E-state index contributed by atoms with van der Waals surface area (Å²) in [4.78, 5) is 14.0. The Morgan fingerprint density at radius 3 is 2.61 bits per heavy atom. The van der Waals surface area contributed by atoms with E-state index in [4.69, 9.17) is 0 Å². The van der Waals surface area contributed by atoms with Crippen LogP contribution in [-0.2, 0) is 14.6 Å². The van der Waals surface area contributed by atoms with E-state index < -0.39 is 9.84 Å². The van der Waals surface area contributed by atoms with E-state index >= 15 is 0 Å². The minimum Gasteiger partial charge on any atom is -0.343 e. The summed E-state index contributed by atoms with van der Waals surface area (Å²) < 4.78 is 23.0. The van der Waals surface area contributed by atoms with Gasteiger partial charge in [0.05, 0.1) is 11.5 Å². The van der Waals surface area contributed by atoms with Crippen molar-refractivity contribution in [2.45, 2.75) is 32.2 Å². The molecule has 2 saturated heterocycles. The van der Waals surface area contributed by atoms with Gasteiger partial charge in [-0.15, -0.1) is 0 Å². The van der Waals surface area contributed by atoms with E-state index in [9.17, 15) is 13.2 Å². The molecular weight excluding hydrogens is 252 g/mol. The molecule has 1 atom stereocenters. The van der Waals surface area contributed by atoms with Crippen LogP contribution in [-0.4, -0.2) is 56.4 Å². The molecule has 0 aliphatic carbocycles. The maximum atomic E-state index is 12.1. The largest absolute Gasteiger partial charge is 0.343 e. The third-order valence-corrected chi connectivity index (χ3v) is 5.59. The molecule has 0 aromatic rings. The molecule has 0 aromatic carbocycles. The Morgan fingerprint density at radius 2 is 2.00 bits per heavy atom. The highest BCUT2D eigenvalue weighted by molar-refractivity contribution is 7.91. The fraction of sp³-hybridized carbons (Fsp3) is 0.917. The molecule has 18 heavy (non-hydrogen) atoms. The van der Waals surface area contributed by atoms with E-state index in [0.29, 0.717) is 18.9 Å². The van der Waals surface area contributed by atoms with E-state index in [1.807, 2.05) is 4.90 Å². The number of carbonyl (C=O) groups excluding carboxylic acids is 1. The zero-order chi connectivity index (χ0) is 13.2. The zero-order valence-electron chi connectivity index (χ0n) is 10.9. The minimum atomic E-state index is -2.95. The second-order valence-electron chi connectivity index (χ2n) is 5.53. The summed E-state index contributed by atoms with van der Waals surface area (Å²) in [7, 11) is -2.95. The van der Waals surface area contributed by atoms with Gasteiger partial charge in [0.25, 0.3) is 0 Å². The highest BCUT2D eigenvalue weighted by atomic mass is 32.2. The topological polar surface area (TPSA) is 66.5 Å². The molecule has 2 heterocycles. The Kier molecular flexibility index (Phi) is 4.27. The van der Waals surface area contributed by atoms with E-state index in [1.54, 1.807) is 0 Å². The molecule has 1 amide bonds. The molecule has 0 radical (unpaired) electrons. The maximum absolute atomic E-state index is 12.1. The number of nitrogens with one attached hydrogen (secondary N) is 1. The summed E-state index contributed by atoms with van der Waals surface area (Å²) in [6, 6.07) is -0.199. The Bertz CT molecular complexity index is 400. The van der Waals surface area contributed by atoms with Crippen LogP contribution in [0.25, 0.3) is 0 Å². The van der Waals surface area contributed by atoms with Gasteiger partial charge in [-0.2, -0.15) is 0 Å². The highest BCUT2D eigenvalue weighted by Gasteiger charge is 2.28. The Labute approximate surface area is 109 Å². The molecule has 6 heteroatoms. The lowest BCUT2D eigenvalue weighted by molar-refractivity contribution is -0.132. The van der Waals surface area contributed by atoms with Crippen LogP contribution in [0.3, 0.4) is 0 Å². The van der Waals surface area contributed by atoms with Crippen molar-refractivity contribution in [3.05, 3.63) is 0 Å². The third-order valence-electron chi connectivity index (χ3n) is 3.86. The summed E-state index contributed by atoms with van der Waals surface area (Å²) in [5, 5.41) is 3.13. The van der Waals surface area contributed by atoms with E-state index in [1.165, 1.54) is 0 Å². The van der Waals surface area contributed by atoms with Gasteiger partial charge in [-0.3, -0.25) is 4.79 Å². The summed E-state index contributed by atoms with van der Waals surface area (Å²) >= 11 is 0. The van der Waals surface area contributed by atoms with Crippen molar-refractivity contribution in [1.82, 2.24) is 10.2 Å². The van der Waals surface area contributed by atoms with Crippen molar-refractivity contribution in [2.75, 3.05) is 31.1 Å². The molecule has 2 fully saturated rings. The summed E-state index contributed by atoms with van der Waals surface area (Å²) in [6.07, 6.45) is 2.43. The van der Waals surface area contributed by atoms with Gasteiger partial charge < -0.3 is 10.2 Å². The number of amides is 1. The summed E-state index contributed by atoms with van der Waals surface area (Å²) in [5.74, 6) is 1.08. The third kappa shape index (κ3) is 3.68. The molecule has 0 saturated carbocycles. The van der Waals surface area contributed by atoms with Crippen LogP contribution in [0.15, 0.2) is 0 Å². The molecule has 2 rings (SSSR count). The van der Waals surface area contributed by atoms with Crippen molar-refractivity contribution in [3.8, 4) is 0 Å². The second kappa shape index (κ2) is 5.57. The molecule has 0 bridgehead atoms. The van der Waals surface area contributed by atoms with Crippen LogP contribution in [0.2, 0.25) is 0 Å². The van der Waals surface area contributed by atoms with Crippen molar-refractivity contribution in [3.63, 3.8) is 0 Å². The number of likely N-dealkylation sites (tertiary alicyclic amines) is 1. The molecule has 1 unspecified atom stereocenters. The van der Waals surface area contributed by atoms with Gasteiger partial charge in [-0.05, 0) is 18.8 Å². The smallest absolute Gasteiger partial charge is 0.224 e. The van der Waals surface area contributed by atoms with Crippen LogP contribution < -0.4 is 5.32 Å². The van der Waals surface area contributed by atoms with Gasteiger partial charge in [0, 0.05) is 32.1 Å². The number of hydrogen-bond acceptors (Lipinski definition) is 4. The lowest BCUT2D eigenvalue weighted by atomic mass is 9.99. The van der Waals surface area contributed by atoms with Crippen LogP contribution in [0.4, 0.5) is 0 Å². The predicted octanol–water partition coefficient (Wildman–Crippen LogP) is 0.0216. The molecule has 2 aliphatic rings. The average molecular weight is 274 g/mol. The Hall–Kier alpha value is -0.620. The molecule has 5 nitrogen and oxygen atoms in total. The lowest BCUT2D eigenvalue weighted by Crippen LogP contribution is -2.48. The molecule has 1 N–H and O–H groups in total. The van der Waals surface area contributed by atoms with Gasteiger partial charge in [0.1, 0.15) is 0 Å². The van der Waals surface area contributed by atoms with Crippen molar-refractivity contribution < 1.29 is 13.2 Å². The van der Waals surface area contributed by atoms with E-state index in [2.05, 4.69) is 12.2 Å². The monoisotopic (exact) mass is 274 g/mol. The van der Waals surface area contributed by atoms with Crippen molar-refractivity contribution in [2.24, 2.45) is 5.92 Å². The first-order valence-corrected chi connectivity index (χ1v) is 8.50. The van der Waals surface area contributed by atoms with Gasteiger partial charge in [0.15, 0.2) is 9.84 Å². The standard InChI is InChI=1S/C12H22N2O3S/c1-10-2-5-14(6-3-10)12(15)8-11-9-18(16,17)7-4-13-11/h10-11,13H,2-9H2,1H3. The van der Waals surface area contributed by atoms with Gasteiger partial charge in [-0.25, -0.2) is 8.42 Å². The van der Waals surface area contributed by atoms with Crippen molar-refractivity contribution in [1.29, 1.82) is 0 Å². The zero-order valence-corrected chi connectivity index (χ0v) is 11.7. The normalized spacial score (nSPS) is 29.2. The number of sulfone groups is 1. The van der Waals surface area contributed by atoms with Crippen LogP contribution >= 0.6 is 0 Å². The number of nitrogens with zero attached hydrogens (tertiary/aromatic N) is 1. The van der Waals surface area contributed by atoms with Crippen LogP contribution in [0.1, 0.15) is 26.2 Å². The fourth-order valence-corrected chi connectivity index (χ4v) is 4.04. The van der Waals surface area contributed by atoms with Crippen LogP contribution in [0.5, 0.6) is 0 Å².